The molecule has 0 aromatic heterocycles. The lowest BCUT2D eigenvalue weighted by Crippen LogP contribution is -2.40. The quantitative estimate of drug-likeness (QED) is 0.752. The first-order valence-electron chi connectivity index (χ1n) is 7.11. The van der Waals surface area contributed by atoms with Crippen LogP contribution in [0, 0.1) is 12.3 Å². The first-order chi connectivity index (χ1) is 9.28. The fourth-order valence-corrected chi connectivity index (χ4v) is 2.95. The van der Waals surface area contributed by atoms with Crippen molar-refractivity contribution in [3.63, 3.8) is 0 Å². The van der Waals surface area contributed by atoms with Gasteiger partial charge in [0.15, 0.2) is 0 Å². The summed E-state index contributed by atoms with van der Waals surface area (Å²) >= 11 is 0. The van der Waals surface area contributed by atoms with E-state index >= 15 is 0 Å². The normalized spacial score (nSPS) is 17.9. The first kappa shape index (κ1) is 14.0. The predicted molar refractivity (Wildman–Crippen MR) is 79.5 cm³/mol. The minimum atomic E-state index is 0.579. The zero-order chi connectivity index (χ0) is 13.7. The average molecular weight is 257 g/mol. The summed E-state index contributed by atoms with van der Waals surface area (Å²) in [6.45, 7) is 4.06. The predicted octanol–water partition coefficient (Wildman–Crippen LogP) is 2.90. The molecule has 0 heterocycles. The molecule has 2 nitrogen and oxygen atoms in total. The summed E-state index contributed by atoms with van der Waals surface area (Å²) in [5, 5.41) is 0. The Morgan fingerprint density at radius 3 is 2.95 bits per heavy atom. The molecular weight excluding hydrogens is 234 g/mol. The Labute approximate surface area is 116 Å². The zero-order valence-corrected chi connectivity index (χ0v) is 12.0. The van der Waals surface area contributed by atoms with Gasteiger partial charge in [0.1, 0.15) is 5.75 Å². The first-order valence-corrected chi connectivity index (χ1v) is 7.11. The summed E-state index contributed by atoms with van der Waals surface area (Å²) in [7, 11) is 1.73. The second-order valence-corrected chi connectivity index (χ2v) is 5.21. The lowest BCUT2D eigenvalue weighted by atomic mass is 9.87. The maximum Gasteiger partial charge on any atom is 0.119 e. The minimum Gasteiger partial charge on any atom is -0.497 e. The van der Waals surface area contributed by atoms with Crippen molar-refractivity contribution in [2.75, 3.05) is 20.2 Å². The maximum absolute atomic E-state index is 5.49. The third-order valence-corrected chi connectivity index (χ3v) is 3.94. The van der Waals surface area contributed by atoms with Gasteiger partial charge in [-0.15, -0.1) is 6.42 Å². The topological polar surface area (TPSA) is 12.5 Å². The molecule has 2 heteroatoms. The highest BCUT2D eigenvalue weighted by Crippen LogP contribution is 2.27. The van der Waals surface area contributed by atoms with E-state index in [-0.39, 0.29) is 0 Å². The highest BCUT2D eigenvalue weighted by molar-refractivity contribution is 5.38. The molecule has 1 aromatic carbocycles. The molecule has 0 fully saturated rings. The number of terminal acetylenes is 1. The van der Waals surface area contributed by atoms with Crippen LogP contribution >= 0.6 is 0 Å². The lowest BCUT2D eigenvalue weighted by Gasteiger charge is -2.34. The highest BCUT2D eigenvalue weighted by Gasteiger charge is 2.23. The van der Waals surface area contributed by atoms with Crippen LogP contribution in [0.25, 0.3) is 0 Å². The number of fused-ring (bicyclic) bond motifs is 1. The average Bonchev–Trinajstić information content (AvgIpc) is 2.46. The van der Waals surface area contributed by atoms with Gasteiger partial charge in [-0.3, -0.25) is 4.90 Å². The molecule has 0 saturated carbocycles. The Balaban J connectivity index is 2.13. The molecule has 0 saturated heterocycles. The van der Waals surface area contributed by atoms with Gasteiger partial charge in [-0.1, -0.05) is 18.9 Å². The molecule has 0 unspecified atom stereocenters. The van der Waals surface area contributed by atoms with Crippen molar-refractivity contribution in [3.05, 3.63) is 29.3 Å². The lowest BCUT2D eigenvalue weighted by molar-refractivity contribution is 0.202. The van der Waals surface area contributed by atoms with E-state index in [1.165, 1.54) is 17.5 Å². The summed E-state index contributed by atoms with van der Waals surface area (Å²) in [6, 6.07) is 7.03. The number of nitrogens with zero attached hydrogens (tertiary/aromatic N) is 1. The molecule has 0 spiro atoms. The highest BCUT2D eigenvalue weighted by atomic mass is 16.5. The largest absolute Gasteiger partial charge is 0.497 e. The van der Waals surface area contributed by atoms with Gasteiger partial charge in [0.25, 0.3) is 0 Å². The van der Waals surface area contributed by atoms with Crippen LogP contribution in [0.2, 0.25) is 0 Å². The molecule has 19 heavy (non-hydrogen) atoms. The number of rotatable bonds is 5. The van der Waals surface area contributed by atoms with E-state index in [1.54, 1.807) is 7.11 Å². The number of aryl methyl sites for hydroxylation is 1. The van der Waals surface area contributed by atoms with Crippen molar-refractivity contribution in [1.29, 1.82) is 0 Å². The van der Waals surface area contributed by atoms with Crippen LogP contribution in [-0.2, 0) is 12.8 Å². The maximum atomic E-state index is 5.49. The third kappa shape index (κ3) is 3.30. The molecule has 0 N–H and O–H groups in total. The van der Waals surface area contributed by atoms with Gasteiger partial charge in [0.05, 0.1) is 13.7 Å². The summed E-state index contributed by atoms with van der Waals surface area (Å²) in [5.41, 5.74) is 2.89. The van der Waals surface area contributed by atoms with E-state index in [1.807, 2.05) is 0 Å². The third-order valence-electron chi connectivity index (χ3n) is 3.94. The standard InChI is InChI=1S/C17H23NO/c1-4-10-18(11-5-2)16-8-6-14-7-9-17(19-3)13-15(14)12-16/h1,7,9,13,16H,5-6,8,10-12H2,2-3H3/t16-/m1/s1. The van der Waals surface area contributed by atoms with Gasteiger partial charge in [-0.2, -0.15) is 0 Å². The van der Waals surface area contributed by atoms with E-state index in [4.69, 9.17) is 11.2 Å². The molecule has 1 aromatic rings. The Morgan fingerprint density at radius 1 is 1.42 bits per heavy atom. The summed E-state index contributed by atoms with van der Waals surface area (Å²) in [6.07, 6.45) is 10.1. The number of methoxy groups -OCH3 is 1. The van der Waals surface area contributed by atoms with E-state index in [2.05, 4.69) is 35.9 Å². The molecule has 0 amide bonds. The van der Waals surface area contributed by atoms with Crippen LogP contribution in [0.3, 0.4) is 0 Å². The van der Waals surface area contributed by atoms with Crippen molar-refractivity contribution >= 4 is 0 Å². The van der Waals surface area contributed by atoms with Crippen LogP contribution < -0.4 is 4.74 Å². The second-order valence-electron chi connectivity index (χ2n) is 5.21. The minimum absolute atomic E-state index is 0.579. The van der Waals surface area contributed by atoms with Crippen molar-refractivity contribution in [2.24, 2.45) is 0 Å². The molecule has 0 bridgehead atoms. The Hall–Kier alpha value is -1.46. The second kappa shape index (κ2) is 6.63. The summed E-state index contributed by atoms with van der Waals surface area (Å²) < 4.78 is 5.33. The molecule has 1 aliphatic rings. The van der Waals surface area contributed by atoms with Gasteiger partial charge in [0, 0.05) is 6.04 Å². The van der Waals surface area contributed by atoms with Gasteiger partial charge in [-0.05, 0) is 55.5 Å². The number of hydrogen-bond donors (Lipinski definition) is 0. The monoisotopic (exact) mass is 257 g/mol. The molecular formula is C17H23NO. The molecule has 102 valence electrons. The van der Waals surface area contributed by atoms with Crippen molar-refractivity contribution in [1.82, 2.24) is 4.90 Å². The van der Waals surface area contributed by atoms with Gasteiger partial charge in [0.2, 0.25) is 0 Å². The van der Waals surface area contributed by atoms with Crippen molar-refractivity contribution < 1.29 is 4.74 Å². The van der Waals surface area contributed by atoms with Crippen LogP contribution in [0.5, 0.6) is 5.75 Å². The van der Waals surface area contributed by atoms with Crippen LogP contribution in [0.1, 0.15) is 30.9 Å². The van der Waals surface area contributed by atoms with E-state index in [9.17, 15) is 0 Å². The van der Waals surface area contributed by atoms with Gasteiger partial charge < -0.3 is 4.74 Å². The smallest absolute Gasteiger partial charge is 0.119 e. The Kier molecular flexibility index (Phi) is 4.87. The number of benzene rings is 1. The van der Waals surface area contributed by atoms with Crippen LogP contribution in [0.15, 0.2) is 18.2 Å². The van der Waals surface area contributed by atoms with Crippen LogP contribution in [0.4, 0.5) is 0 Å². The Morgan fingerprint density at radius 2 is 2.26 bits per heavy atom. The zero-order valence-electron chi connectivity index (χ0n) is 12.0. The Bertz CT molecular complexity index is 461. The van der Waals surface area contributed by atoms with Crippen molar-refractivity contribution in [3.8, 4) is 18.1 Å². The molecule has 0 radical (unpaired) electrons. The van der Waals surface area contributed by atoms with Crippen LogP contribution in [-0.4, -0.2) is 31.1 Å². The summed E-state index contributed by atoms with van der Waals surface area (Å²) in [5.74, 6) is 3.75. The SMILES string of the molecule is C#CCN(CCC)[C@@H]1CCc2ccc(OC)cc2C1. The fourth-order valence-electron chi connectivity index (χ4n) is 2.95. The molecule has 1 aliphatic carbocycles. The van der Waals surface area contributed by atoms with E-state index in [0.29, 0.717) is 6.04 Å². The van der Waals surface area contributed by atoms with Gasteiger partial charge in [-0.25, -0.2) is 0 Å². The van der Waals surface area contributed by atoms with Crippen molar-refractivity contribution in [2.45, 2.75) is 38.6 Å². The van der Waals surface area contributed by atoms with E-state index < -0.39 is 0 Å². The number of hydrogen-bond acceptors (Lipinski definition) is 2. The molecule has 2 rings (SSSR count). The molecule has 0 aliphatic heterocycles. The molecule has 1 atom stereocenters. The fraction of sp³-hybridized carbons (Fsp3) is 0.529. The number of ether oxygens (including phenoxy) is 1. The van der Waals surface area contributed by atoms with Gasteiger partial charge >= 0.3 is 0 Å². The summed E-state index contributed by atoms with van der Waals surface area (Å²) in [4.78, 5) is 2.45. The van der Waals surface area contributed by atoms with E-state index in [0.717, 1.165) is 38.1 Å².